The zero-order valence-corrected chi connectivity index (χ0v) is 9.98. The van der Waals surface area contributed by atoms with Crippen LogP contribution in [-0.4, -0.2) is 29.8 Å². The van der Waals surface area contributed by atoms with Crippen LogP contribution in [0.4, 0.5) is 0 Å². The average Bonchev–Trinajstić information content (AvgIpc) is 2.24. The molecule has 0 saturated heterocycles. The van der Waals surface area contributed by atoms with Crippen LogP contribution in [0.2, 0.25) is 5.02 Å². The first-order valence-corrected chi connectivity index (χ1v) is 5.87. The monoisotopic (exact) mass is 255 g/mol. The van der Waals surface area contributed by atoms with Crippen molar-refractivity contribution in [3.8, 4) is 5.75 Å². The molecule has 1 amide bonds. The van der Waals surface area contributed by atoms with Gasteiger partial charge in [-0.3, -0.25) is 4.79 Å². The summed E-state index contributed by atoms with van der Waals surface area (Å²) in [7, 11) is 0. The van der Waals surface area contributed by atoms with Crippen molar-refractivity contribution >= 4 is 17.5 Å². The van der Waals surface area contributed by atoms with Crippen molar-refractivity contribution in [2.24, 2.45) is 0 Å². The van der Waals surface area contributed by atoms with E-state index in [4.69, 9.17) is 21.4 Å². The molecule has 0 aliphatic heterocycles. The fourth-order valence-corrected chi connectivity index (χ4v) is 1.86. The minimum absolute atomic E-state index is 0.0348. The van der Waals surface area contributed by atoms with E-state index < -0.39 is 0 Å². The fourth-order valence-electron chi connectivity index (χ4n) is 1.68. The standard InChI is InChI=1S/C12H14ClNO3/c13-8-2-1-3-11(4-8)17-7-12(16)14-9-5-10(15)6-9/h1-4,9-10,15H,5-7H2,(H,14,16). The summed E-state index contributed by atoms with van der Waals surface area (Å²) in [6, 6.07) is 6.98. The molecule has 1 aliphatic carbocycles. The topological polar surface area (TPSA) is 58.6 Å². The number of carbonyl (C=O) groups excluding carboxylic acids is 1. The van der Waals surface area contributed by atoms with Gasteiger partial charge < -0.3 is 15.2 Å². The van der Waals surface area contributed by atoms with Crippen molar-refractivity contribution in [3.05, 3.63) is 29.3 Å². The van der Waals surface area contributed by atoms with Gasteiger partial charge in [-0.25, -0.2) is 0 Å². The largest absolute Gasteiger partial charge is 0.484 e. The van der Waals surface area contributed by atoms with Crippen molar-refractivity contribution in [2.75, 3.05) is 6.61 Å². The molecule has 2 N–H and O–H groups in total. The third-order valence-electron chi connectivity index (χ3n) is 2.64. The van der Waals surface area contributed by atoms with Crippen LogP contribution in [0.25, 0.3) is 0 Å². The van der Waals surface area contributed by atoms with E-state index in [2.05, 4.69) is 5.32 Å². The first-order valence-electron chi connectivity index (χ1n) is 5.49. The highest BCUT2D eigenvalue weighted by molar-refractivity contribution is 6.30. The molecular weight excluding hydrogens is 242 g/mol. The van der Waals surface area contributed by atoms with Crippen LogP contribution in [0.1, 0.15) is 12.8 Å². The predicted molar refractivity (Wildman–Crippen MR) is 64.1 cm³/mol. The van der Waals surface area contributed by atoms with E-state index in [9.17, 15) is 4.79 Å². The fraction of sp³-hybridized carbons (Fsp3) is 0.417. The zero-order chi connectivity index (χ0) is 12.3. The van der Waals surface area contributed by atoms with Gasteiger partial charge in [0.15, 0.2) is 6.61 Å². The Labute approximate surface area is 105 Å². The summed E-state index contributed by atoms with van der Waals surface area (Å²) >= 11 is 5.78. The Balaban J connectivity index is 1.72. The highest BCUT2D eigenvalue weighted by Crippen LogP contribution is 2.19. The Hall–Kier alpha value is -1.26. The zero-order valence-electron chi connectivity index (χ0n) is 9.23. The molecule has 0 aromatic heterocycles. The van der Waals surface area contributed by atoms with Crippen molar-refractivity contribution < 1.29 is 14.6 Å². The smallest absolute Gasteiger partial charge is 0.258 e. The van der Waals surface area contributed by atoms with E-state index in [1.54, 1.807) is 24.3 Å². The van der Waals surface area contributed by atoms with E-state index >= 15 is 0 Å². The Bertz CT molecular complexity index is 404. The first kappa shape index (κ1) is 12.2. The molecule has 0 radical (unpaired) electrons. The lowest BCUT2D eigenvalue weighted by atomic mass is 9.89. The molecule has 1 fully saturated rings. The Kier molecular flexibility index (Phi) is 3.86. The number of aliphatic hydroxyl groups is 1. The predicted octanol–water partition coefficient (Wildman–Crippen LogP) is 1.36. The maximum Gasteiger partial charge on any atom is 0.258 e. The molecule has 1 aliphatic rings. The van der Waals surface area contributed by atoms with Crippen LogP contribution in [0, 0.1) is 0 Å². The van der Waals surface area contributed by atoms with Crippen LogP contribution < -0.4 is 10.1 Å². The number of carbonyl (C=O) groups is 1. The Morgan fingerprint density at radius 3 is 2.94 bits per heavy atom. The lowest BCUT2D eigenvalue weighted by Gasteiger charge is -2.31. The van der Waals surface area contributed by atoms with Crippen molar-refractivity contribution in [3.63, 3.8) is 0 Å². The first-order chi connectivity index (χ1) is 8.13. The Morgan fingerprint density at radius 2 is 2.29 bits per heavy atom. The molecule has 1 aromatic carbocycles. The Morgan fingerprint density at radius 1 is 1.53 bits per heavy atom. The SMILES string of the molecule is O=C(COc1cccc(Cl)c1)NC1CC(O)C1. The van der Waals surface area contributed by atoms with Crippen molar-refractivity contribution in [1.82, 2.24) is 5.32 Å². The molecule has 0 unspecified atom stereocenters. The summed E-state index contributed by atoms with van der Waals surface area (Å²) in [5.41, 5.74) is 0. The molecule has 0 bridgehead atoms. The molecule has 4 nitrogen and oxygen atoms in total. The van der Waals surface area contributed by atoms with E-state index in [-0.39, 0.29) is 24.7 Å². The molecule has 0 spiro atoms. The molecule has 2 rings (SSSR count). The lowest BCUT2D eigenvalue weighted by Crippen LogP contribution is -2.48. The molecule has 17 heavy (non-hydrogen) atoms. The van der Waals surface area contributed by atoms with Gasteiger partial charge >= 0.3 is 0 Å². The molecule has 0 heterocycles. The number of hydrogen-bond donors (Lipinski definition) is 2. The van der Waals surface area contributed by atoms with Gasteiger partial charge in [0.25, 0.3) is 5.91 Å². The summed E-state index contributed by atoms with van der Waals surface area (Å²) in [5.74, 6) is 0.392. The summed E-state index contributed by atoms with van der Waals surface area (Å²) < 4.78 is 5.29. The van der Waals surface area contributed by atoms with Crippen molar-refractivity contribution in [1.29, 1.82) is 0 Å². The van der Waals surface area contributed by atoms with Crippen LogP contribution >= 0.6 is 11.6 Å². The lowest BCUT2D eigenvalue weighted by molar-refractivity contribution is -0.125. The molecule has 92 valence electrons. The number of rotatable bonds is 4. The van der Waals surface area contributed by atoms with Gasteiger partial charge in [-0.2, -0.15) is 0 Å². The summed E-state index contributed by atoms with van der Waals surface area (Å²) in [6.45, 7) is -0.0348. The van der Waals surface area contributed by atoms with E-state index in [1.165, 1.54) is 0 Å². The minimum atomic E-state index is -0.269. The summed E-state index contributed by atoms with van der Waals surface area (Å²) in [4.78, 5) is 11.5. The van der Waals surface area contributed by atoms with Crippen LogP contribution in [-0.2, 0) is 4.79 Å². The second kappa shape index (κ2) is 5.38. The second-order valence-corrected chi connectivity index (χ2v) is 4.57. The number of halogens is 1. The number of benzene rings is 1. The van der Waals surface area contributed by atoms with Gasteiger partial charge in [0.2, 0.25) is 0 Å². The number of ether oxygens (including phenoxy) is 1. The molecule has 1 saturated carbocycles. The number of hydrogen-bond acceptors (Lipinski definition) is 3. The maximum atomic E-state index is 11.5. The quantitative estimate of drug-likeness (QED) is 0.854. The highest BCUT2D eigenvalue weighted by atomic mass is 35.5. The third-order valence-corrected chi connectivity index (χ3v) is 2.88. The summed E-state index contributed by atoms with van der Waals surface area (Å²) in [6.07, 6.45) is 0.986. The maximum absolute atomic E-state index is 11.5. The molecular formula is C12H14ClNO3. The molecule has 5 heteroatoms. The van der Waals surface area contributed by atoms with Gasteiger partial charge in [-0.05, 0) is 31.0 Å². The third kappa shape index (κ3) is 3.61. The number of amides is 1. The van der Waals surface area contributed by atoms with Crippen molar-refractivity contribution in [2.45, 2.75) is 25.0 Å². The van der Waals surface area contributed by atoms with Gasteiger partial charge in [0, 0.05) is 11.1 Å². The van der Waals surface area contributed by atoms with Gasteiger partial charge in [-0.1, -0.05) is 17.7 Å². The summed E-state index contributed by atoms with van der Waals surface area (Å²) in [5, 5.41) is 12.4. The highest BCUT2D eigenvalue weighted by Gasteiger charge is 2.28. The van der Waals surface area contributed by atoms with E-state index in [1.807, 2.05) is 0 Å². The van der Waals surface area contributed by atoms with Gasteiger partial charge in [-0.15, -0.1) is 0 Å². The van der Waals surface area contributed by atoms with Gasteiger partial charge in [0.1, 0.15) is 5.75 Å². The van der Waals surface area contributed by atoms with Gasteiger partial charge in [0.05, 0.1) is 6.10 Å². The van der Waals surface area contributed by atoms with E-state index in [0.29, 0.717) is 23.6 Å². The normalized spacial score (nSPS) is 22.7. The van der Waals surface area contributed by atoms with Crippen LogP contribution in [0.15, 0.2) is 24.3 Å². The minimum Gasteiger partial charge on any atom is -0.484 e. The van der Waals surface area contributed by atoms with Crippen LogP contribution in [0.3, 0.4) is 0 Å². The average molecular weight is 256 g/mol. The molecule has 0 atom stereocenters. The molecule has 1 aromatic rings. The van der Waals surface area contributed by atoms with E-state index in [0.717, 1.165) is 0 Å². The number of aliphatic hydroxyl groups excluding tert-OH is 1. The second-order valence-electron chi connectivity index (χ2n) is 4.14. The number of nitrogens with one attached hydrogen (secondary N) is 1. The van der Waals surface area contributed by atoms with Crippen LogP contribution in [0.5, 0.6) is 5.75 Å².